The zero-order valence-electron chi connectivity index (χ0n) is 6.64. The fourth-order valence-corrected chi connectivity index (χ4v) is 0. The third kappa shape index (κ3) is 19.0. The van der Waals surface area contributed by atoms with Gasteiger partial charge in [-0.05, 0) is 0 Å². The Morgan fingerprint density at radius 1 is 1.71 bits per heavy atom. The Labute approximate surface area is 89.5 Å². The van der Waals surface area contributed by atoms with E-state index in [2.05, 4.69) is 6.58 Å². The molecule has 1 N–H and O–H groups in total. The van der Waals surface area contributed by atoms with Crippen LogP contribution in [0.3, 0.4) is 0 Å². The first-order valence-corrected chi connectivity index (χ1v) is 1.12. The number of carbonyl (C=O) groups is 1. The Morgan fingerprint density at radius 3 is 1.86 bits per heavy atom. The Morgan fingerprint density at radius 2 is 1.86 bits per heavy atom. The summed E-state index contributed by atoms with van der Waals surface area (Å²) in [4.78, 5) is 9.25. The molecule has 4 heteroatoms. The zero-order chi connectivity index (χ0) is 4.28. The SMILES string of the molecule is C=CC(=O)O.[H-].[H-].[Na+].[Na+]. The molecule has 32 valence electrons. The Bertz CT molecular complexity index is 68.8. The first kappa shape index (κ1) is 15.7. The molecule has 0 atom stereocenters. The van der Waals surface area contributed by atoms with Gasteiger partial charge in [0.1, 0.15) is 0 Å². The van der Waals surface area contributed by atoms with Crippen LogP contribution in [0.25, 0.3) is 0 Å². The van der Waals surface area contributed by atoms with Crippen molar-refractivity contribution in [3.8, 4) is 0 Å². The summed E-state index contributed by atoms with van der Waals surface area (Å²) in [6, 6.07) is 0. The van der Waals surface area contributed by atoms with Crippen LogP contribution < -0.4 is 59.1 Å². The molecule has 0 aromatic rings. The predicted molar refractivity (Wildman–Crippen MR) is 20.1 cm³/mol. The molecule has 0 heterocycles. The molecule has 0 saturated carbocycles. The van der Waals surface area contributed by atoms with Gasteiger partial charge in [-0.25, -0.2) is 4.79 Å². The molecule has 0 aliphatic carbocycles. The second-order valence-electron chi connectivity index (χ2n) is 0.542. The summed E-state index contributed by atoms with van der Waals surface area (Å²) in [6.45, 7) is 2.96. The van der Waals surface area contributed by atoms with Gasteiger partial charge in [-0.3, -0.25) is 0 Å². The van der Waals surface area contributed by atoms with Crippen molar-refractivity contribution in [2.45, 2.75) is 0 Å². The van der Waals surface area contributed by atoms with Crippen LogP contribution >= 0.6 is 0 Å². The summed E-state index contributed by atoms with van der Waals surface area (Å²) in [7, 11) is 0. The van der Waals surface area contributed by atoms with Crippen LogP contribution in [0.1, 0.15) is 2.85 Å². The summed E-state index contributed by atoms with van der Waals surface area (Å²) in [5.41, 5.74) is 0. The van der Waals surface area contributed by atoms with Crippen molar-refractivity contribution in [2.24, 2.45) is 0 Å². The molecule has 0 aliphatic rings. The van der Waals surface area contributed by atoms with E-state index in [-0.39, 0.29) is 62.0 Å². The molecule has 0 amide bonds. The van der Waals surface area contributed by atoms with E-state index in [0.717, 1.165) is 6.08 Å². The third-order valence-corrected chi connectivity index (χ3v) is 0.175. The number of hydrogen-bond acceptors (Lipinski definition) is 1. The van der Waals surface area contributed by atoms with E-state index in [1.807, 2.05) is 0 Å². The number of carboxylic acid groups (broad SMARTS) is 1. The van der Waals surface area contributed by atoms with Crippen molar-refractivity contribution >= 4 is 5.97 Å². The summed E-state index contributed by atoms with van der Waals surface area (Å²) in [5, 5.41) is 7.60. The number of rotatable bonds is 1. The van der Waals surface area contributed by atoms with Crippen molar-refractivity contribution in [1.82, 2.24) is 0 Å². The first-order valence-electron chi connectivity index (χ1n) is 1.12. The second-order valence-corrected chi connectivity index (χ2v) is 0.542. The maximum atomic E-state index is 9.25. The van der Waals surface area contributed by atoms with Crippen molar-refractivity contribution in [3.05, 3.63) is 12.7 Å². The molecule has 0 saturated heterocycles. The predicted octanol–water partition coefficient (Wildman–Crippen LogP) is -5.51. The van der Waals surface area contributed by atoms with Crippen LogP contribution in [-0.4, -0.2) is 11.1 Å². The summed E-state index contributed by atoms with van der Waals surface area (Å²) in [5.74, 6) is -0.981. The first-order chi connectivity index (χ1) is 2.27. The second kappa shape index (κ2) is 10.2. The standard InChI is InChI=1S/C3H4O2.2Na.2H/c1-2-3(4)5;;;;/h2H,1H2,(H,4,5);;;;/q;2*+1;2*-1. The van der Waals surface area contributed by atoms with Crippen molar-refractivity contribution in [1.29, 1.82) is 0 Å². The average Bonchev–Trinajstić information content (AvgIpc) is 1.38. The van der Waals surface area contributed by atoms with E-state index in [4.69, 9.17) is 5.11 Å². The normalized spacial score (nSPS) is 4.57. The van der Waals surface area contributed by atoms with Crippen molar-refractivity contribution < 1.29 is 71.9 Å². The van der Waals surface area contributed by atoms with E-state index in [0.29, 0.717) is 0 Å². The van der Waals surface area contributed by atoms with Crippen molar-refractivity contribution in [2.75, 3.05) is 0 Å². The molecule has 0 fully saturated rings. The minimum Gasteiger partial charge on any atom is -1.00 e. The molecule has 0 unspecified atom stereocenters. The Kier molecular flexibility index (Phi) is 23.0. The van der Waals surface area contributed by atoms with Crippen LogP contribution in [0.4, 0.5) is 0 Å². The third-order valence-electron chi connectivity index (χ3n) is 0.175. The molecule has 2 nitrogen and oxygen atoms in total. The monoisotopic (exact) mass is 120 g/mol. The molecule has 0 bridgehead atoms. The number of carboxylic acids is 1. The number of hydrogen-bond donors (Lipinski definition) is 1. The van der Waals surface area contributed by atoms with Gasteiger partial charge in [0.25, 0.3) is 0 Å². The molecular weight excluding hydrogens is 114 g/mol. The van der Waals surface area contributed by atoms with Gasteiger partial charge in [0, 0.05) is 6.08 Å². The smallest absolute Gasteiger partial charge is 1.00 e. The fraction of sp³-hybridized carbons (Fsp3) is 0. The summed E-state index contributed by atoms with van der Waals surface area (Å²) >= 11 is 0. The van der Waals surface area contributed by atoms with Crippen LogP contribution in [0.5, 0.6) is 0 Å². The average molecular weight is 120 g/mol. The maximum Gasteiger partial charge on any atom is 1.00 e. The molecule has 0 radical (unpaired) electrons. The minimum absolute atomic E-state index is 0. The van der Waals surface area contributed by atoms with Gasteiger partial charge >= 0.3 is 65.1 Å². The molecule has 0 spiro atoms. The Balaban J connectivity index is -0.0000000133. The Hall–Kier alpha value is 1.21. The van der Waals surface area contributed by atoms with Crippen molar-refractivity contribution in [3.63, 3.8) is 0 Å². The van der Waals surface area contributed by atoms with Crippen LogP contribution in [0.15, 0.2) is 12.7 Å². The van der Waals surface area contributed by atoms with E-state index in [1.54, 1.807) is 0 Å². The van der Waals surface area contributed by atoms with Crippen LogP contribution in [0, 0.1) is 0 Å². The maximum absolute atomic E-state index is 9.25. The van der Waals surface area contributed by atoms with Gasteiger partial charge in [-0.2, -0.15) is 0 Å². The van der Waals surface area contributed by atoms with Crippen LogP contribution in [0.2, 0.25) is 0 Å². The largest absolute Gasteiger partial charge is 1.00 e. The molecule has 7 heavy (non-hydrogen) atoms. The molecule has 0 aliphatic heterocycles. The van der Waals surface area contributed by atoms with Gasteiger partial charge in [0.15, 0.2) is 0 Å². The summed E-state index contributed by atoms with van der Waals surface area (Å²) < 4.78 is 0. The number of aliphatic carboxylic acids is 1. The van der Waals surface area contributed by atoms with Gasteiger partial charge in [0.2, 0.25) is 0 Å². The molecule has 0 rings (SSSR count). The van der Waals surface area contributed by atoms with Gasteiger partial charge < -0.3 is 7.96 Å². The van der Waals surface area contributed by atoms with E-state index < -0.39 is 5.97 Å². The molecule has 0 aromatic carbocycles. The van der Waals surface area contributed by atoms with E-state index >= 15 is 0 Å². The quantitative estimate of drug-likeness (QED) is 0.277. The fourth-order valence-electron chi connectivity index (χ4n) is 0. The topological polar surface area (TPSA) is 37.3 Å². The molecular formula is C3H6Na2O2. The summed E-state index contributed by atoms with van der Waals surface area (Å²) in [6.07, 6.45) is 0.833. The van der Waals surface area contributed by atoms with Gasteiger partial charge in [-0.1, -0.05) is 6.58 Å². The van der Waals surface area contributed by atoms with Crippen LogP contribution in [-0.2, 0) is 4.79 Å². The van der Waals surface area contributed by atoms with Gasteiger partial charge in [0.05, 0.1) is 0 Å². The minimum atomic E-state index is -0.981. The van der Waals surface area contributed by atoms with E-state index in [9.17, 15) is 4.79 Å². The molecule has 0 aromatic heterocycles. The van der Waals surface area contributed by atoms with E-state index in [1.165, 1.54) is 0 Å². The van der Waals surface area contributed by atoms with Gasteiger partial charge in [-0.15, -0.1) is 0 Å². The zero-order valence-corrected chi connectivity index (χ0v) is 8.64.